The number of aromatic nitrogens is 2. The van der Waals surface area contributed by atoms with Crippen molar-refractivity contribution in [2.45, 2.75) is 6.42 Å². The minimum atomic E-state index is -0.292. The van der Waals surface area contributed by atoms with Crippen LogP contribution in [0.3, 0.4) is 0 Å². The molecule has 0 saturated heterocycles. The van der Waals surface area contributed by atoms with Crippen LogP contribution in [-0.2, 0) is 6.42 Å². The van der Waals surface area contributed by atoms with Gasteiger partial charge in [0.25, 0.3) is 0 Å². The molecule has 0 spiro atoms. The van der Waals surface area contributed by atoms with Crippen molar-refractivity contribution in [2.24, 2.45) is 0 Å². The Morgan fingerprint density at radius 1 is 1.22 bits per heavy atom. The Morgan fingerprint density at radius 3 is 2.94 bits per heavy atom. The lowest BCUT2D eigenvalue weighted by molar-refractivity contribution is -0.479. The van der Waals surface area contributed by atoms with Crippen LogP contribution >= 0.6 is 0 Å². The standard InChI is InChI=1S/C13H11N3O2/c17-16(18)6-4-9-1-2-10-11-8-14-5-3-12(11)15-13(10)7-9/h1-3,5,7-8,15H,4,6H2. The number of benzene rings is 1. The van der Waals surface area contributed by atoms with Crippen LogP contribution in [0.15, 0.2) is 36.7 Å². The summed E-state index contributed by atoms with van der Waals surface area (Å²) in [6.45, 7) is -0.0344. The van der Waals surface area contributed by atoms with Gasteiger partial charge in [-0.05, 0) is 17.7 Å². The molecule has 5 nitrogen and oxygen atoms in total. The number of aromatic amines is 1. The molecular weight excluding hydrogens is 230 g/mol. The van der Waals surface area contributed by atoms with Crippen LogP contribution in [0, 0.1) is 10.1 Å². The van der Waals surface area contributed by atoms with Crippen LogP contribution in [0.5, 0.6) is 0 Å². The van der Waals surface area contributed by atoms with E-state index in [4.69, 9.17) is 0 Å². The van der Waals surface area contributed by atoms with Gasteiger partial charge in [0.1, 0.15) is 0 Å². The summed E-state index contributed by atoms with van der Waals surface area (Å²) in [6.07, 6.45) is 4.02. The average molecular weight is 241 g/mol. The Hall–Kier alpha value is -2.43. The number of pyridine rings is 1. The molecule has 90 valence electrons. The van der Waals surface area contributed by atoms with Gasteiger partial charge in [-0.25, -0.2) is 0 Å². The molecule has 0 saturated carbocycles. The minimum Gasteiger partial charge on any atom is -0.354 e. The molecule has 1 aromatic carbocycles. The number of nitro groups is 1. The first-order chi connectivity index (χ1) is 8.74. The highest BCUT2D eigenvalue weighted by Gasteiger charge is 2.06. The van der Waals surface area contributed by atoms with E-state index >= 15 is 0 Å². The van der Waals surface area contributed by atoms with Crippen LogP contribution in [0.25, 0.3) is 21.8 Å². The van der Waals surface area contributed by atoms with E-state index in [9.17, 15) is 10.1 Å². The molecule has 0 bridgehead atoms. The normalized spacial score (nSPS) is 11.1. The van der Waals surface area contributed by atoms with Crippen molar-refractivity contribution in [1.29, 1.82) is 0 Å². The molecule has 0 aliphatic heterocycles. The Balaban J connectivity index is 2.07. The molecule has 2 aromatic heterocycles. The molecule has 18 heavy (non-hydrogen) atoms. The van der Waals surface area contributed by atoms with Gasteiger partial charge >= 0.3 is 0 Å². The Morgan fingerprint density at radius 2 is 2.11 bits per heavy atom. The maximum atomic E-state index is 10.4. The second-order valence-electron chi connectivity index (χ2n) is 4.23. The fourth-order valence-corrected chi connectivity index (χ4v) is 2.17. The quantitative estimate of drug-likeness (QED) is 0.565. The lowest BCUT2D eigenvalue weighted by Gasteiger charge is -1.97. The third kappa shape index (κ3) is 1.79. The van der Waals surface area contributed by atoms with Crippen molar-refractivity contribution in [3.8, 4) is 0 Å². The molecule has 0 amide bonds. The largest absolute Gasteiger partial charge is 0.354 e. The SMILES string of the molecule is O=[N+]([O-])CCc1ccc2c(c1)[nH]c1ccncc12. The van der Waals surface area contributed by atoms with Gasteiger partial charge in [0.05, 0.1) is 0 Å². The summed E-state index contributed by atoms with van der Waals surface area (Å²) < 4.78 is 0. The zero-order valence-electron chi connectivity index (χ0n) is 9.59. The fraction of sp³-hybridized carbons (Fsp3) is 0.154. The molecule has 5 heteroatoms. The van der Waals surface area contributed by atoms with Crippen molar-refractivity contribution >= 4 is 21.8 Å². The number of hydrogen-bond donors (Lipinski definition) is 1. The van der Waals surface area contributed by atoms with Crippen LogP contribution < -0.4 is 0 Å². The van der Waals surface area contributed by atoms with Gasteiger partial charge in [-0.2, -0.15) is 0 Å². The highest BCUT2D eigenvalue weighted by molar-refractivity contribution is 6.06. The molecule has 2 heterocycles. The predicted molar refractivity (Wildman–Crippen MR) is 69.2 cm³/mol. The van der Waals surface area contributed by atoms with Crippen LogP contribution in [-0.4, -0.2) is 21.4 Å². The smallest absolute Gasteiger partial charge is 0.207 e. The van der Waals surface area contributed by atoms with Crippen molar-refractivity contribution in [3.05, 3.63) is 52.3 Å². The van der Waals surface area contributed by atoms with Gasteiger partial charge in [-0.3, -0.25) is 15.1 Å². The van der Waals surface area contributed by atoms with Crippen LogP contribution in [0.4, 0.5) is 0 Å². The van der Waals surface area contributed by atoms with Gasteiger partial charge in [0, 0.05) is 45.5 Å². The summed E-state index contributed by atoms with van der Waals surface area (Å²) in [4.78, 5) is 17.5. The molecule has 3 rings (SSSR count). The van der Waals surface area contributed by atoms with E-state index in [-0.39, 0.29) is 11.5 Å². The molecule has 0 atom stereocenters. The number of fused-ring (bicyclic) bond motifs is 3. The fourth-order valence-electron chi connectivity index (χ4n) is 2.17. The molecule has 0 aliphatic carbocycles. The van der Waals surface area contributed by atoms with E-state index in [1.165, 1.54) is 0 Å². The number of rotatable bonds is 3. The zero-order valence-corrected chi connectivity index (χ0v) is 9.59. The highest BCUT2D eigenvalue weighted by atomic mass is 16.6. The molecule has 1 N–H and O–H groups in total. The topological polar surface area (TPSA) is 71.8 Å². The van der Waals surface area contributed by atoms with Crippen molar-refractivity contribution in [2.75, 3.05) is 6.54 Å². The second-order valence-corrected chi connectivity index (χ2v) is 4.23. The lowest BCUT2D eigenvalue weighted by atomic mass is 10.1. The molecule has 0 aliphatic rings. The number of nitrogens with one attached hydrogen (secondary N) is 1. The number of hydrogen-bond acceptors (Lipinski definition) is 3. The number of nitrogens with zero attached hydrogens (tertiary/aromatic N) is 2. The zero-order chi connectivity index (χ0) is 12.5. The van der Waals surface area contributed by atoms with Gasteiger partial charge in [0.15, 0.2) is 0 Å². The summed E-state index contributed by atoms with van der Waals surface area (Å²) in [6, 6.07) is 7.82. The molecule has 0 unspecified atom stereocenters. The van der Waals surface area contributed by atoms with Crippen LogP contribution in [0.2, 0.25) is 0 Å². The minimum absolute atomic E-state index is 0.0344. The maximum Gasteiger partial charge on any atom is 0.207 e. The molecule has 0 fully saturated rings. The molecular formula is C13H11N3O2. The predicted octanol–water partition coefficient (Wildman–Crippen LogP) is 2.54. The van der Waals surface area contributed by atoms with Crippen molar-refractivity contribution in [3.63, 3.8) is 0 Å². The van der Waals surface area contributed by atoms with Gasteiger partial charge < -0.3 is 4.98 Å². The summed E-state index contributed by atoms with van der Waals surface area (Å²) in [7, 11) is 0. The average Bonchev–Trinajstić information content (AvgIpc) is 2.73. The first kappa shape index (κ1) is 10.7. The van der Waals surface area contributed by atoms with E-state index in [2.05, 4.69) is 9.97 Å². The Bertz CT molecular complexity index is 733. The third-order valence-corrected chi connectivity index (χ3v) is 3.05. The van der Waals surface area contributed by atoms with Gasteiger partial charge in [-0.15, -0.1) is 0 Å². The number of H-pyrrole nitrogens is 1. The Kier molecular flexibility index (Phi) is 2.44. The summed E-state index contributed by atoms with van der Waals surface area (Å²) in [5, 5.41) is 12.5. The monoisotopic (exact) mass is 241 g/mol. The first-order valence-electron chi connectivity index (χ1n) is 5.70. The lowest BCUT2D eigenvalue weighted by Crippen LogP contribution is -2.03. The van der Waals surface area contributed by atoms with Gasteiger partial charge in [-0.1, -0.05) is 12.1 Å². The van der Waals surface area contributed by atoms with E-state index in [0.717, 1.165) is 27.4 Å². The summed E-state index contributed by atoms with van der Waals surface area (Å²) in [5.74, 6) is 0. The van der Waals surface area contributed by atoms with Crippen molar-refractivity contribution in [1.82, 2.24) is 9.97 Å². The summed E-state index contributed by atoms with van der Waals surface area (Å²) in [5.41, 5.74) is 3.00. The molecule has 0 radical (unpaired) electrons. The Labute approximate surface area is 103 Å². The van der Waals surface area contributed by atoms with Crippen LogP contribution in [0.1, 0.15) is 5.56 Å². The third-order valence-electron chi connectivity index (χ3n) is 3.05. The van der Waals surface area contributed by atoms with E-state index in [0.29, 0.717) is 6.42 Å². The highest BCUT2D eigenvalue weighted by Crippen LogP contribution is 2.25. The van der Waals surface area contributed by atoms with Gasteiger partial charge in [0.2, 0.25) is 6.54 Å². The molecule has 3 aromatic rings. The summed E-state index contributed by atoms with van der Waals surface area (Å²) >= 11 is 0. The first-order valence-corrected chi connectivity index (χ1v) is 5.70. The van der Waals surface area contributed by atoms with Crippen molar-refractivity contribution < 1.29 is 4.92 Å². The van der Waals surface area contributed by atoms with E-state index in [1.54, 1.807) is 6.20 Å². The van der Waals surface area contributed by atoms with E-state index < -0.39 is 0 Å². The second kappa shape index (κ2) is 4.10. The maximum absolute atomic E-state index is 10.4. The van der Waals surface area contributed by atoms with E-state index in [1.807, 2.05) is 30.5 Å².